The SMILES string of the molecule is Cc1c(C(O)Cc2nnn(C)n2)oc2ccc(F)cc12. The van der Waals surface area contributed by atoms with Crippen LogP contribution in [0.5, 0.6) is 0 Å². The third-order valence-corrected chi connectivity index (χ3v) is 3.16. The van der Waals surface area contributed by atoms with Gasteiger partial charge in [0.25, 0.3) is 0 Å². The average molecular weight is 276 g/mol. The second-order valence-corrected chi connectivity index (χ2v) is 4.65. The van der Waals surface area contributed by atoms with E-state index in [0.717, 1.165) is 5.56 Å². The van der Waals surface area contributed by atoms with E-state index in [1.54, 1.807) is 20.0 Å². The molecule has 1 N–H and O–H groups in total. The molecule has 0 bridgehead atoms. The fourth-order valence-corrected chi connectivity index (χ4v) is 2.20. The Morgan fingerprint density at radius 3 is 2.95 bits per heavy atom. The molecular weight excluding hydrogens is 263 g/mol. The number of hydrogen-bond acceptors (Lipinski definition) is 5. The van der Waals surface area contributed by atoms with Crippen LogP contribution in [0, 0.1) is 12.7 Å². The normalized spacial score (nSPS) is 13.0. The number of rotatable bonds is 3. The predicted octanol–water partition coefficient (Wildman–Crippen LogP) is 1.68. The number of benzene rings is 1. The van der Waals surface area contributed by atoms with Gasteiger partial charge < -0.3 is 9.52 Å². The minimum absolute atomic E-state index is 0.191. The van der Waals surface area contributed by atoms with Gasteiger partial charge in [-0.15, -0.1) is 10.2 Å². The number of fused-ring (bicyclic) bond motifs is 1. The van der Waals surface area contributed by atoms with Gasteiger partial charge in [0, 0.05) is 17.4 Å². The number of furan rings is 1. The summed E-state index contributed by atoms with van der Waals surface area (Å²) in [6, 6.07) is 4.27. The molecule has 0 amide bonds. The van der Waals surface area contributed by atoms with Crippen molar-refractivity contribution in [3.8, 4) is 0 Å². The maximum atomic E-state index is 13.2. The van der Waals surface area contributed by atoms with Crippen LogP contribution in [0.3, 0.4) is 0 Å². The number of aliphatic hydroxyl groups is 1. The Hall–Kier alpha value is -2.28. The topological polar surface area (TPSA) is 77.0 Å². The summed E-state index contributed by atoms with van der Waals surface area (Å²) in [6.07, 6.45) is -0.702. The van der Waals surface area contributed by atoms with Crippen LogP contribution < -0.4 is 0 Å². The standard InChI is InChI=1S/C13H13FN4O2/c1-7-9-5-8(14)3-4-11(9)20-13(7)10(19)6-12-15-17-18(2)16-12/h3-5,10,19H,6H2,1-2H3. The van der Waals surface area contributed by atoms with E-state index in [-0.39, 0.29) is 12.2 Å². The first kappa shape index (κ1) is 12.7. The van der Waals surface area contributed by atoms with E-state index in [9.17, 15) is 9.50 Å². The van der Waals surface area contributed by atoms with Crippen LogP contribution in [0.2, 0.25) is 0 Å². The number of aryl methyl sites for hydroxylation is 2. The molecule has 0 aliphatic rings. The van der Waals surface area contributed by atoms with Crippen molar-refractivity contribution in [2.24, 2.45) is 7.05 Å². The molecule has 1 aromatic carbocycles. The molecule has 0 saturated heterocycles. The highest BCUT2D eigenvalue weighted by Crippen LogP contribution is 2.31. The van der Waals surface area contributed by atoms with Crippen LogP contribution >= 0.6 is 0 Å². The summed E-state index contributed by atoms with van der Waals surface area (Å²) in [6.45, 7) is 1.79. The van der Waals surface area contributed by atoms with Gasteiger partial charge in [-0.3, -0.25) is 0 Å². The lowest BCUT2D eigenvalue weighted by Gasteiger charge is -2.05. The molecule has 0 saturated carbocycles. The molecule has 3 aromatic rings. The largest absolute Gasteiger partial charge is 0.458 e. The number of aliphatic hydroxyl groups excluding tert-OH is 1. The molecule has 0 aliphatic carbocycles. The van der Waals surface area contributed by atoms with Gasteiger partial charge in [-0.05, 0) is 30.3 Å². The van der Waals surface area contributed by atoms with E-state index in [4.69, 9.17) is 4.42 Å². The van der Waals surface area contributed by atoms with Gasteiger partial charge in [0.05, 0.1) is 7.05 Å². The van der Waals surface area contributed by atoms with E-state index in [2.05, 4.69) is 15.4 Å². The summed E-state index contributed by atoms with van der Waals surface area (Å²) in [5, 5.41) is 22.4. The molecule has 0 fully saturated rings. The summed E-state index contributed by atoms with van der Waals surface area (Å²) in [5.74, 6) is 0.488. The van der Waals surface area contributed by atoms with Crippen molar-refractivity contribution >= 4 is 11.0 Å². The van der Waals surface area contributed by atoms with Gasteiger partial charge in [0.1, 0.15) is 23.3 Å². The summed E-state index contributed by atoms with van der Waals surface area (Å²) in [5.41, 5.74) is 1.26. The van der Waals surface area contributed by atoms with Crippen LogP contribution in [0.15, 0.2) is 22.6 Å². The van der Waals surface area contributed by atoms with E-state index < -0.39 is 6.10 Å². The van der Waals surface area contributed by atoms with Crippen molar-refractivity contribution < 1.29 is 13.9 Å². The lowest BCUT2D eigenvalue weighted by Crippen LogP contribution is -2.04. The number of nitrogens with zero attached hydrogens (tertiary/aromatic N) is 4. The molecule has 20 heavy (non-hydrogen) atoms. The second kappa shape index (κ2) is 4.68. The van der Waals surface area contributed by atoms with Crippen LogP contribution in [-0.2, 0) is 13.5 Å². The maximum Gasteiger partial charge on any atom is 0.177 e. The van der Waals surface area contributed by atoms with Crippen molar-refractivity contribution in [1.82, 2.24) is 20.2 Å². The minimum Gasteiger partial charge on any atom is -0.458 e. The Labute approximate surface area is 113 Å². The lowest BCUT2D eigenvalue weighted by molar-refractivity contribution is 0.149. The predicted molar refractivity (Wildman–Crippen MR) is 68.4 cm³/mol. The number of tetrazole rings is 1. The van der Waals surface area contributed by atoms with Crippen molar-refractivity contribution in [2.45, 2.75) is 19.4 Å². The molecule has 0 spiro atoms. The maximum absolute atomic E-state index is 13.2. The Morgan fingerprint density at radius 1 is 1.45 bits per heavy atom. The molecule has 3 rings (SSSR count). The Balaban J connectivity index is 1.95. The third kappa shape index (κ3) is 2.16. The third-order valence-electron chi connectivity index (χ3n) is 3.16. The highest BCUT2D eigenvalue weighted by Gasteiger charge is 2.20. The van der Waals surface area contributed by atoms with Gasteiger partial charge in [0.15, 0.2) is 5.82 Å². The van der Waals surface area contributed by atoms with Gasteiger partial charge >= 0.3 is 0 Å². The number of aromatic nitrogens is 4. The van der Waals surface area contributed by atoms with Crippen LogP contribution in [0.25, 0.3) is 11.0 Å². The van der Waals surface area contributed by atoms with Crippen molar-refractivity contribution in [2.75, 3.05) is 0 Å². The number of halogens is 1. The Morgan fingerprint density at radius 2 is 2.25 bits per heavy atom. The summed E-state index contributed by atoms with van der Waals surface area (Å²) in [4.78, 5) is 1.32. The molecule has 7 heteroatoms. The van der Waals surface area contributed by atoms with E-state index >= 15 is 0 Å². The van der Waals surface area contributed by atoms with Gasteiger partial charge in [-0.2, -0.15) is 4.80 Å². The smallest absolute Gasteiger partial charge is 0.177 e. The molecule has 0 radical (unpaired) electrons. The first-order valence-corrected chi connectivity index (χ1v) is 6.14. The molecule has 1 unspecified atom stereocenters. The van der Waals surface area contributed by atoms with E-state index in [1.807, 2.05) is 0 Å². The molecule has 2 aromatic heterocycles. The molecule has 104 valence electrons. The highest BCUT2D eigenvalue weighted by molar-refractivity contribution is 5.82. The van der Waals surface area contributed by atoms with Gasteiger partial charge in [0.2, 0.25) is 0 Å². The summed E-state index contributed by atoms with van der Waals surface area (Å²) < 4.78 is 18.8. The van der Waals surface area contributed by atoms with Crippen LogP contribution in [-0.4, -0.2) is 25.3 Å². The zero-order chi connectivity index (χ0) is 14.3. The first-order chi connectivity index (χ1) is 9.54. The fourth-order valence-electron chi connectivity index (χ4n) is 2.20. The molecule has 1 atom stereocenters. The molecule has 0 aliphatic heterocycles. The monoisotopic (exact) mass is 276 g/mol. The Kier molecular flexibility index (Phi) is 2.98. The zero-order valence-corrected chi connectivity index (χ0v) is 11.0. The highest BCUT2D eigenvalue weighted by atomic mass is 19.1. The van der Waals surface area contributed by atoms with Crippen molar-refractivity contribution in [3.05, 3.63) is 41.2 Å². The molecule has 2 heterocycles. The molecule has 6 nitrogen and oxygen atoms in total. The average Bonchev–Trinajstić information content (AvgIpc) is 2.94. The van der Waals surface area contributed by atoms with Crippen LogP contribution in [0.4, 0.5) is 4.39 Å². The second-order valence-electron chi connectivity index (χ2n) is 4.65. The lowest BCUT2D eigenvalue weighted by atomic mass is 10.1. The van der Waals surface area contributed by atoms with Crippen molar-refractivity contribution in [1.29, 1.82) is 0 Å². The van der Waals surface area contributed by atoms with Crippen LogP contribution in [0.1, 0.15) is 23.3 Å². The summed E-state index contributed by atoms with van der Waals surface area (Å²) in [7, 11) is 1.65. The van der Waals surface area contributed by atoms with Gasteiger partial charge in [-0.1, -0.05) is 0 Å². The quantitative estimate of drug-likeness (QED) is 0.787. The van der Waals surface area contributed by atoms with Gasteiger partial charge in [-0.25, -0.2) is 4.39 Å². The summed E-state index contributed by atoms with van der Waals surface area (Å²) >= 11 is 0. The van der Waals surface area contributed by atoms with Crippen molar-refractivity contribution in [3.63, 3.8) is 0 Å². The van der Waals surface area contributed by atoms with E-state index in [1.165, 1.54) is 16.9 Å². The first-order valence-electron chi connectivity index (χ1n) is 6.14. The molecular formula is C13H13FN4O2. The fraction of sp³-hybridized carbons (Fsp3) is 0.308. The zero-order valence-electron chi connectivity index (χ0n) is 11.0. The Bertz CT molecular complexity index is 765. The van der Waals surface area contributed by atoms with E-state index in [0.29, 0.717) is 22.6 Å². The minimum atomic E-state index is -0.894. The number of hydrogen-bond donors (Lipinski definition) is 1.